The first kappa shape index (κ1) is 13.5. The first-order chi connectivity index (χ1) is 7.90. The average Bonchev–Trinajstić information content (AvgIpc) is 2.27. The molecule has 0 amide bonds. The first-order valence-electron chi connectivity index (χ1n) is 6.03. The number of nitrogen functional groups attached to an aromatic ring is 1. The van der Waals surface area contributed by atoms with Crippen LogP contribution in [-0.2, 0) is 0 Å². The number of aromatic nitrogens is 2. The molecule has 1 aromatic heterocycles. The van der Waals surface area contributed by atoms with E-state index in [9.17, 15) is 0 Å². The Hall–Kier alpha value is -1.52. The summed E-state index contributed by atoms with van der Waals surface area (Å²) in [7, 11) is 2.03. The normalized spacial score (nSPS) is 11.4. The molecule has 0 aliphatic heterocycles. The Kier molecular flexibility index (Phi) is 4.15. The van der Waals surface area contributed by atoms with Crippen LogP contribution in [-0.4, -0.2) is 29.1 Å². The molecule has 0 atom stereocenters. The molecule has 5 nitrogen and oxygen atoms in total. The highest BCUT2D eigenvalue weighted by Gasteiger charge is 2.23. The Morgan fingerprint density at radius 1 is 1.35 bits per heavy atom. The zero-order valence-electron chi connectivity index (χ0n) is 11.4. The van der Waals surface area contributed by atoms with Crippen LogP contribution < -0.4 is 16.0 Å². The lowest BCUT2D eigenvalue weighted by atomic mass is 10.0. The molecule has 1 rings (SSSR count). The quantitative estimate of drug-likeness (QED) is 0.821. The fourth-order valence-corrected chi connectivity index (χ4v) is 1.44. The maximum Gasteiger partial charge on any atom is 0.223 e. The van der Waals surface area contributed by atoms with Crippen molar-refractivity contribution in [1.82, 2.24) is 9.97 Å². The van der Waals surface area contributed by atoms with Gasteiger partial charge in [0, 0.05) is 25.2 Å². The highest BCUT2D eigenvalue weighted by molar-refractivity contribution is 5.53. The van der Waals surface area contributed by atoms with Crippen molar-refractivity contribution in [3.05, 3.63) is 6.07 Å². The molecule has 0 aliphatic carbocycles. The van der Waals surface area contributed by atoms with Gasteiger partial charge in [0.1, 0.15) is 11.6 Å². The molecule has 1 heterocycles. The van der Waals surface area contributed by atoms with E-state index in [-0.39, 0.29) is 5.54 Å². The minimum absolute atomic E-state index is 0.0459. The number of hydrogen-bond acceptors (Lipinski definition) is 5. The molecule has 5 heteroatoms. The molecule has 0 aliphatic rings. The topological polar surface area (TPSA) is 67.1 Å². The van der Waals surface area contributed by atoms with Crippen molar-refractivity contribution >= 4 is 17.6 Å². The van der Waals surface area contributed by atoms with E-state index in [1.165, 1.54) is 0 Å². The zero-order chi connectivity index (χ0) is 13.1. The van der Waals surface area contributed by atoms with Crippen LogP contribution >= 0.6 is 0 Å². The maximum absolute atomic E-state index is 5.72. The average molecular weight is 237 g/mol. The second-order valence-electron chi connectivity index (χ2n) is 4.72. The third kappa shape index (κ3) is 3.22. The molecular weight excluding hydrogens is 214 g/mol. The summed E-state index contributed by atoms with van der Waals surface area (Å²) in [5.41, 5.74) is 5.77. The molecule has 0 saturated carbocycles. The number of nitrogens with zero attached hydrogens (tertiary/aromatic N) is 3. The molecule has 0 radical (unpaired) electrons. The Bertz CT molecular complexity index is 375. The Labute approximate surface area is 103 Å². The van der Waals surface area contributed by atoms with Gasteiger partial charge in [-0.25, -0.2) is 0 Å². The summed E-state index contributed by atoms with van der Waals surface area (Å²) in [6.07, 6.45) is 1.03. The standard InChI is InChI=1S/C12H23N5/c1-6-12(3,4)17(5)10-8-9(14-7-2)15-11(13)16-10/h8H,6-7H2,1-5H3,(H3,13,14,15,16). The lowest BCUT2D eigenvalue weighted by Crippen LogP contribution is -2.41. The molecule has 0 unspecified atom stereocenters. The predicted octanol–water partition coefficient (Wildman–Crippen LogP) is 2.12. The van der Waals surface area contributed by atoms with Gasteiger partial charge in [0.2, 0.25) is 5.95 Å². The van der Waals surface area contributed by atoms with Crippen LogP contribution in [0.2, 0.25) is 0 Å². The second kappa shape index (κ2) is 5.21. The van der Waals surface area contributed by atoms with Gasteiger partial charge in [-0.05, 0) is 27.2 Å². The van der Waals surface area contributed by atoms with Crippen molar-refractivity contribution in [3.8, 4) is 0 Å². The molecular formula is C12H23N5. The number of rotatable bonds is 5. The summed E-state index contributed by atoms with van der Waals surface area (Å²) >= 11 is 0. The van der Waals surface area contributed by atoms with E-state index in [1.807, 2.05) is 20.0 Å². The van der Waals surface area contributed by atoms with E-state index < -0.39 is 0 Å². The van der Waals surface area contributed by atoms with Crippen LogP contribution in [0.15, 0.2) is 6.07 Å². The third-order valence-electron chi connectivity index (χ3n) is 3.20. The highest BCUT2D eigenvalue weighted by atomic mass is 15.2. The fraction of sp³-hybridized carbons (Fsp3) is 0.667. The summed E-state index contributed by atoms with van der Waals surface area (Å²) in [5.74, 6) is 1.92. The first-order valence-corrected chi connectivity index (χ1v) is 6.03. The van der Waals surface area contributed by atoms with Gasteiger partial charge in [-0.2, -0.15) is 9.97 Å². The van der Waals surface area contributed by atoms with E-state index in [0.717, 1.165) is 24.6 Å². The lowest BCUT2D eigenvalue weighted by molar-refractivity contribution is 0.467. The van der Waals surface area contributed by atoms with E-state index in [4.69, 9.17) is 5.73 Å². The molecule has 0 bridgehead atoms. The van der Waals surface area contributed by atoms with Crippen molar-refractivity contribution in [2.24, 2.45) is 0 Å². The van der Waals surface area contributed by atoms with Gasteiger partial charge in [0.25, 0.3) is 0 Å². The van der Waals surface area contributed by atoms with Crippen LogP contribution in [0.4, 0.5) is 17.6 Å². The summed E-state index contributed by atoms with van der Waals surface area (Å²) in [4.78, 5) is 10.6. The summed E-state index contributed by atoms with van der Waals surface area (Å²) < 4.78 is 0. The SMILES string of the molecule is CCNc1cc(N(C)C(C)(C)CC)nc(N)n1. The van der Waals surface area contributed by atoms with E-state index in [0.29, 0.717) is 5.95 Å². The van der Waals surface area contributed by atoms with Gasteiger partial charge in [0.15, 0.2) is 0 Å². The van der Waals surface area contributed by atoms with Crippen LogP contribution in [0.3, 0.4) is 0 Å². The Balaban J connectivity index is 3.05. The molecule has 0 saturated heterocycles. The van der Waals surface area contributed by atoms with Crippen molar-refractivity contribution in [1.29, 1.82) is 0 Å². The van der Waals surface area contributed by atoms with Gasteiger partial charge >= 0.3 is 0 Å². The molecule has 17 heavy (non-hydrogen) atoms. The van der Waals surface area contributed by atoms with Crippen molar-refractivity contribution < 1.29 is 0 Å². The monoisotopic (exact) mass is 237 g/mol. The zero-order valence-corrected chi connectivity index (χ0v) is 11.4. The largest absolute Gasteiger partial charge is 0.370 e. The van der Waals surface area contributed by atoms with Crippen molar-refractivity contribution in [2.45, 2.75) is 39.7 Å². The minimum atomic E-state index is 0.0459. The highest BCUT2D eigenvalue weighted by Crippen LogP contribution is 2.25. The van der Waals surface area contributed by atoms with Crippen molar-refractivity contribution in [3.63, 3.8) is 0 Å². The molecule has 0 aromatic carbocycles. The smallest absolute Gasteiger partial charge is 0.223 e. The number of nitrogens with two attached hydrogens (primary N) is 1. The fourth-order valence-electron chi connectivity index (χ4n) is 1.44. The molecule has 0 spiro atoms. The van der Waals surface area contributed by atoms with Crippen LogP contribution in [0, 0.1) is 0 Å². The molecule has 3 N–H and O–H groups in total. The molecule has 0 fully saturated rings. The van der Waals surface area contributed by atoms with E-state index >= 15 is 0 Å². The number of anilines is 3. The summed E-state index contributed by atoms with van der Waals surface area (Å²) in [5, 5.41) is 3.16. The maximum atomic E-state index is 5.72. The number of nitrogens with one attached hydrogen (secondary N) is 1. The number of hydrogen-bond donors (Lipinski definition) is 2. The Morgan fingerprint density at radius 3 is 2.53 bits per heavy atom. The minimum Gasteiger partial charge on any atom is -0.370 e. The van der Waals surface area contributed by atoms with Gasteiger partial charge in [0.05, 0.1) is 0 Å². The third-order valence-corrected chi connectivity index (χ3v) is 3.20. The van der Waals surface area contributed by atoms with Gasteiger partial charge in [-0.3, -0.25) is 0 Å². The molecule has 1 aromatic rings. The lowest BCUT2D eigenvalue weighted by Gasteiger charge is -2.35. The van der Waals surface area contributed by atoms with E-state index in [2.05, 4.69) is 41.0 Å². The molecule has 96 valence electrons. The second-order valence-corrected chi connectivity index (χ2v) is 4.72. The van der Waals surface area contributed by atoms with Crippen LogP contribution in [0.25, 0.3) is 0 Å². The van der Waals surface area contributed by atoms with E-state index in [1.54, 1.807) is 0 Å². The van der Waals surface area contributed by atoms with Gasteiger partial charge < -0.3 is 16.0 Å². The van der Waals surface area contributed by atoms with Gasteiger partial charge in [-0.15, -0.1) is 0 Å². The predicted molar refractivity (Wildman–Crippen MR) is 73.4 cm³/mol. The Morgan fingerprint density at radius 2 is 2.00 bits per heavy atom. The van der Waals surface area contributed by atoms with Crippen molar-refractivity contribution in [2.75, 3.05) is 29.5 Å². The summed E-state index contributed by atoms with van der Waals surface area (Å²) in [6, 6.07) is 1.93. The van der Waals surface area contributed by atoms with Gasteiger partial charge in [-0.1, -0.05) is 6.92 Å². The van der Waals surface area contributed by atoms with Crippen LogP contribution in [0.1, 0.15) is 34.1 Å². The van der Waals surface area contributed by atoms with Crippen LogP contribution in [0.5, 0.6) is 0 Å². The summed E-state index contributed by atoms with van der Waals surface area (Å²) in [6.45, 7) is 9.36.